The summed E-state index contributed by atoms with van der Waals surface area (Å²) in [6.45, 7) is 5.80. The van der Waals surface area contributed by atoms with Crippen LogP contribution in [0.15, 0.2) is 12.1 Å². The van der Waals surface area contributed by atoms with Gasteiger partial charge in [-0.1, -0.05) is 13.8 Å². The van der Waals surface area contributed by atoms with E-state index in [9.17, 15) is 10.1 Å². The molecule has 1 aliphatic carbocycles. The molecule has 0 aromatic carbocycles. The highest BCUT2D eigenvalue weighted by molar-refractivity contribution is 5.62. The normalized spacial score (nSPS) is 14.1. The first-order valence-electron chi connectivity index (χ1n) is 7.33. The van der Waals surface area contributed by atoms with Gasteiger partial charge in [0.15, 0.2) is 0 Å². The van der Waals surface area contributed by atoms with Gasteiger partial charge in [-0.3, -0.25) is 10.1 Å². The van der Waals surface area contributed by atoms with Gasteiger partial charge in [-0.25, -0.2) is 4.98 Å². The Balaban J connectivity index is 2.31. The van der Waals surface area contributed by atoms with Crippen LogP contribution in [0.3, 0.4) is 0 Å². The van der Waals surface area contributed by atoms with Crippen LogP contribution in [-0.2, 0) is 0 Å². The van der Waals surface area contributed by atoms with E-state index < -0.39 is 0 Å². The number of nitro groups is 1. The summed E-state index contributed by atoms with van der Waals surface area (Å²) in [7, 11) is 0. The van der Waals surface area contributed by atoms with Crippen molar-refractivity contribution in [3.05, 3.63) is 22.2 Å². The Labute approximate surface area is 119 Å². The van der Waals surface area contributed by atoms with E-state index in [4.69, 9.17) is 0 Å². The smallest absolute Gasteiger partial charge is 0.311 e. The number of anilines is 2. The lowest BCUT2D eigenvalue weighted by molar-refractivity contribution is -0.384. The SMILES string of the molecule is CCCNc1ccc([N+](=O)[O-])c(N(CCC)C2CC2)n1. The first-order valence-corrected chi connectivity index (χ1v) is 7.33. The molecule has 20 heavy (non-hydrogen) atoms. The summed E-state index contributed by atoms with van der Waals surface area (Å²) in [5.41, 5.74) is 0.104. The maximum Gasteiger partial charge on any atom is 0.311 e. The van der Waals surface area contributed by atoms with Gasteiger partial charge < -0.3 is 10.2 Å². The predicted octanol–water partition coefficient (Wildman–Crippen LogP) is 3.19. The van der Waals surface area contributed by atoms with Crippen LogP contribution in [0.2, 0.25) is 0 Å². The first kappa shape index (κ1) is 14.6. The molecule has 110 valence electrons. The van der Waals surface area contributed by atoms with E-state index in [1.165, 1.54) is 0 Å². The van der Waals surface area contributed by atoms with Crippen LogP contribution in [0.5, 0.6) is 0 Å². The minimum absolute atomic E-state index is 0.104. The molecule has 1 N–H and O–H groups in total. The van der Waals surface area contributed by atoms with E-state index in [-0.39, 0.29) is 10.6 Å². The number of pyridine rings is 1. The lowest BCUT2D eigenvalue weighted by Crippen LogP contribution is -2.28. The third kappa shape index (κ3) is 3.37. The average Bonchev–Trinajstić information content (AvgIpc) is 3.26. The van der Waals surface area contributed by atoms with Crippen LogP contribution in [0.4, 0.5) is 17.3 Å². The Morgan fingerprint density at radius 2 is 2.15 bits per heavy atom. The summed E-state index contributed by atoms with van der Waals surface area (Å²) < 4.78 is 0. The number of rotatable bonds is 8. The molecule has 1 saturated carbocycles. The van der Waals surface area contributed by atoms with Crippen molar-refractivity contribution in [1.29, 1.82) is 0 Å². The molecule has 1 aromatic heterocycles. The largest absolute Gasteiger partial charge is 0.370 e. The van der Waals surface area contributed by atoms with Crippen molar-refractivity contribution in [3.63, 3.8) is 0 Å². The zero-order chi connectivity index (χ0) is 14.5. The van der Waals surface area contributed by atoms with Gasteiger partial charge in [-0.15, -0.1) is 0 Å². The Hall–Kier alpha value is -1.85. The van der Waals surface area contributed by atoms with Gasteiger partial charge in [0.05, 0.1) is 4.92 Å². The van der Waals surface area contributed by atoms with Crippen LogP contribution in [0.25, 0.3) is 0 Å². The van der Waals surface area contributed by atoms with Crippen molar-refractivity contribution in [3.8, 4) is 0 Å². The summed E-state index contributed by atoms with van der Waals surface area (Å²) in [4.78, 5) is 17.5. The highest BCUT2D eigenvalue weighted by Crippen LogP contribution is 2.36. The Morgan fingerprint density at radius 1 is 1.40 bits per heavy atom. The molecule has 6 nitrogen and oxygen atoms in total. The Bertz CT molecular complexity index is 474. The molecule has 2 rings (SSSR count). The standard InChI is InChI=1S/C14H22N4O2/c1-3-9-15-13-8-7-12(18(19)20)14(16-13)17(10-4-2)11-5-6-11/h7-8,11H,3-6,9-10H2,1-2H3,(H,15,16). The second-order valence-corrected chi connectivity index (χ2v) is 5.15. The Kier molecular flexibility index (Phi) is 4.76. The summed E-state index contributed by atoms with van der Waals surface area (Å²) in [6, 6.07) is 3.67. The molecule has 6 heteroatoms. The van der Waals surface area contributed by atoms with Gasteiger partial charge in [0.1, 0.15) is 5.82 Å². The highest BCUT2D eigenvalue weighted by Gasteiger charge is 2.33. The van der Waals surface area contributed by atoms with Crippen LogP contribution in [-0.4, -0.2) is 29.0 Å². The number of nitrogens with zero attached hydrogens (tertiary/aromatic N) is 3. The van der Waals surface area contributed by atoms with E-state index in [0.29, 0.717) is 17.7 Å². The van der Waals surface area contributed by atoms with Crippen molar-refractivity contribution in [2.24, 2.45) is 0 Å². The number of hydrogen-bond donors (Lipinski definition) is 1. The number of nitrogens with one attached hydrogen (secondary N) is 1. The molecule has 1 aromatic rings. The Morgan fingerprint density at radius 3 is 2.70 bits per heavy atom. The molecule has 0 atom stereocenters. The maximum atomic E-state index is 11.2. The van der Waals surface area contributed by atoms with Gasteiger partial charge in [-0.05, 0) is 31.7 Å². The van der Waals surface area contributed by atoms with Crippen molar-refractivity contribution < 1.29 is 4.92 Å². The first-order chi connectivity index (χ1) is 9.67. The van der Waals surface area contributed by atoms with E-state index in [1.54, 1.807) is 12.1 Å². The number of aromatic nitrogens is 1. The quantitative estimate of drug-likeness (QED) is 0.584. The van der Waals surface area contributed by atoms with E-state index in [0.717, 1.165) is 38.8 Å². The molecule has 0 radical (unpaired) electrons. The summed E-state index contributed by atoms with van der Waals surface area (Å²) >= 11 is 0. The fraction of sp³-hybridized carbons (Fsp3) is 0.643. The van der Waals surface area contributed by atoms with Crippen LogP contribution in [0.1, 0.15) is 39.5 Å². The van der Waals surface area contributed by atoms with Crippen LogP contribution < -0.4 is 10.2 Å². The second kappa shape index (κ2) is 6.54. The van der Waals surface area contributed by atoms with E-state index in [1.807, 2.05) is 0 Å². The zero-order valence-electron chi connectivity index (χ0n) is 12.1. The second-order valence-electron chi connectivity index (χ2n) is 5.15. The van der Waals surface area contributed by atoms with Crippen LogP contribution in [0, 0.1) is 10.1 Å². The van der Waals surface area contributed by atoms with Crippen molar-refractivity contribution in [2.75, 3.05) is 23.3 Å². The molecule has 1 fully saturated rings. The fourth-order valence-corrected chi connectivity index (χ4v) is 2.23. The molecular weight excluding hydrogens is 256 g/mol. The molecule has 0 amide bonds. The summed E-state index contributed by atoms with van der Waals surface area (Å²) in [5.74, 6) is 1.23. The van der Waals surface area contributed by atoms with E-state index in [2.05, 4.69) is 29.0 Å². The average molecular weight is 278 g/mol. The molecule has 0 bridgehead atoms. The lowest BCUT2D eigenvalue weighted by Gasteiger charge is -2.23. The minimum atomic E-state index is -0.336. The maximum absolute atomic E-state index is 11.2. The molecular formula is C14H22N4O2. The van der Waals surface area contributed by atoms with Crippen LogP contribution >= 0.6 is 0 Å². The molecule has 0 saturated heterocycles. The minimum Gasteiger partial charge on any atom is -0.370 e. The highest BCUT2D eigenvalue weighted by atomic mass is 16.6. The molecule has 0 aliphatic heterocycles. The lowest BCUT2D eigenvalue weighted by atomic mass is 10.3. The predicted molar refractivity (Wildman–Crippen MR) is 80.3 cm³/mol. The van der Waals surface area contributed by atoms with Gasteiger partial charge in [0, 0.05) is 25.2 Å². The topological polar surface area (TPSA) is 71.3 Å². The van der Waals surface area contributed by atoms with Gasteiger partial charge >= 0.3 is 5.69 Å². The van der Waals surface area contributed by atoms with E-state index >= 15 is 0 Å². The van der Waals surface area contributed by atoms with Gasteiger partial charge in [0.25, 0.3) is 0 Å². The monoisotopic (exact) mass is 278 g/mol. The van der Waals surface area contributed by atoms with Gasteiger partial charge in [0.2, 0.25) is 5.82 Å². The molecule has 0 spiro atoms. The summed E-state index contributed by atoms with van der Waals surface area (Å²) in [6.07, 6.45) is 4.16. The van der Waals surface area contributed by atoms with Crippen molar-refractivity contribution >= 4 is 17.3 Å². The fourth-order valence-electron chi connectivity index (χ4n) is 2.23. The third-order valence-corrected chi connectivity index (χ3v) is 3.33. The summed E-state index contributed by atoms with van der Waals surface area (Å²) in [5, 5.41) is 14.4. The molecule has 0 unspecified atom stereocenters. The molecule has 1 heterocycles. The third-order valence-electron chi connectivity index (χ3n) is 3.33. The van der Waals surface area contributed by atoms with Gasteiger partial charge in [-0.2, -0.15) is 0 Å². The van der Waals surface area contributed by atoms with Crippen molar-refractivity contribution in [1.82, 2.24) is 4.98 Å². The van der Waals surface area contributed by atoms with Crippen molar-refractivity contribution in [2.45, 2.75) is 45.6 Å². The zero-order valence-corrected chi connectivity index (χ0v) is 12.1. The molecule has 1 aliphatic rings. The number of hydrogen-bond acceptors (Lipinski definition) is 5.